The molecule has 0 heterocycles. The van der Waals surface area contributed by atoms with Gasteiger partial charge in [-0.2, -0.15) is 0 Å². The molecule has 0 aliphatic heterocycles. The summed E-state index contributed by atoms with van der Waals surface area (Å²) in [5, 5.41) is 9.32. The minimum Gasteiger partial charge on any atom is -0.480 e. The highest BCUT2D eigenvalue weighted by atomic mass is 127. The highest BCUT2D eigenvalue weighted by Crippen LogP contribution is 2.57. The van der Waals surface area contributed by atoms with Gasteiger partial charge in [-0.15, -0.1) is 0 Å². The third kappa shape index (κ3) is 3.06. The van der Waals surface area contributed by atoms with E-state index in [9.17, 15) is 9.59 Å². The number of carbonyl (C=O) groups excluding carboxylic acids is 1. The molecule has 0 saturated heterocycles. The van der Waals surface area contributed by atoms with Crippen LogP contribution in [-0.4, -0.2) is 27.9 Å². The van der Waals surface area contributed by atoms with Gasteiger partial charge >= 0.3 is 5.97 Å². The first-order chi connectivity index (χ1) is 11.4. The maximum absolute atomic E-state index is 12.0. The van der Waals surface area contributed by atoms with E-state index >= 15 is 0 Å². The Morgan fingerprint density at radius 3 is 2.79 bits per heavy atom. The van der Waals surface area contributed by atoms with Crippen molar-refractivity contribution < 1.29 is 19.4 Å². The Balaban J connectivity index is 2.09. The number of fused-ring (bicyclic) bond motifs is 3. The Bertz CT molecular complexity index is 759. The second kappa shape index (κ2) is 6.84. The van der Waals surface area contributed by atoms with Gasteiger partial charge in [0.1, 0.15) is 10.8 Å². The van der Waals surface area contributed by atoms with Crippen LogP contribution in [0.25, 0.3) is 5.57 Å². The number of benzene rings is 1. The first-order valence-corrected chi connectivity index (χ1v) is 9.83. The van der Waals surface area contributed by atoms with Gasteiger partial charge in [0.2, 0.25) is 0 Å². The summed E-state index contributed by atoms with van der Waals surface area (Å²) in [6.07, 6.45) is 4.78. The molecule has 0 bridgehead atoms. The molecule has 0 aromatic heterocycles. The van der Waals surface area contributed by atoms with Crippen molar-refractivity contribution in [3.05, 3.63) is 33.3 Å². The van der Waals surface area contributed by atoms with Crippen LogP contribution in [-0.2, 0) is 16.0 Å². The molecule has 0 amide bonds. The van der Waals surface area contributed by atoms with Gasteiger partial charge in [-0.3, -0.25) is 4.79 Å². The lowest BCUT2D eigenvalue weighted by Crippen LogP contribution is -2.26. The summed E-state index contributed by atoms with van der Waals surface area (Å²) in [7, 11) is 0. The van der Waals surface area contributed by atoms with Gasteiger partial charge < -0.3 is 9.84 Å². The molecule has 2 aliphatic rings. The number of aliphatic carboxylic acids is 1. The van der Waals surface area contributed by atoms with E-state index in [1.54, 1.807) is 12.1 Å². The Labute approximate surface area is 163 Å². The highest BCUT2D eigenvalue weighted by molar-refractivity contribution is 14.1. The molecule has 1 N–H and O–H groups in total. The molecule has 1 atom stereocenters. The van der Waals surface area contributed by atoms with Crippen molar-refractivity contribution in [2.45, 2.75) is 25.7 Å². The SMILES string of the molecule is O=C(O)COc1cc2c(c(Cl)c1Cl)C1=CC(=O)CC[C@]1(CCI)C2. The molecule has 4 nitrogen and oxygen atoms in total. The minimum absolute atomic E-state index is 0.0875. The van der Waals surface area contributed by atoms with Crippen molar-refractivity contribution in [3.63, 3.8) is 0 Å². The molecular formula is C17H15Cl2IO4. The number of carboxylic acids is 1. The van der Waals surface area contributed by atoms with Crippen molar-refractivity contribution in [3.8, 4) is 5.75 Å². The Morgan fingerprint density at radius 2 is 2.12 bits per heavy atom. The van der Waals surface area contributed by atoms with Crippen LogP contribution in [0.1, 0.15) is 30.4 Å². The van der Waals surface area contributed by atoms with E-state index in [1.165, 1.54) is 0 Å². The molecular weight excluding hydrogens is 466 g/mol. The molecule has 24 heavy (non-hydrogen) atoms. The van der Waals surface area contributed by atoms with Crippen molar-refractivity contribution in [1.82, 2.24) is 0 Å². The molecule has 3 rings (SSSR count). The summed E-state index contributed by atoms with van der Waals surface area (Å²) >= 11 is 15.1. The lowest BCUT2D eigenvalue weighted by Gasteiger charge is -2.33. The normalized spacial score (nSPS) is 22.0. The zero-order valence-electron chi connectivity index (χ0n) is 12.7. The molecule has 0 fully saturated rings. The fourth-order valence-electron chi connectivity index (χ4n) is 3.63. The van der Waals surface area contributed by atoms with E-state index in [4.69, 9.17) is 33.0 Å². The molecule has 0 unspecified atom stereocenters. The van der Waals surface area contributed by atoms with Gasteiger partial charge in [-0.25, -0.2) is 4.79 Å². The van der Waals surface area contributed by atoms with Gasteiger partial charge in [-0.05, 0) is 42.5 Å². The van der Waals surface area contributed by atoms with Crippen LogP contribution in [0, 0.1) is 5.41 Å². The predicted molar refractivity (Wildman–Crippen MR) is 101 cm³/mol. The number of rotatable bonds is 5. The van der Waals surface area contributed by atoms with Crippen LogP contribution in [0.4, 0.5) is 0 Å². The van der Waals surface area contributed by atoms with Crippen LogP contribution in [0.3, 0.4) is 0 Å². The van der Waals surface area contributed by atoms with Crippen LogP contribution < -0.4 is 4.74 Å². The molecule has 0 saturated carbocycles. The van der Waals surface area contributed by atoms with E-state index in [1.807, 2.05) is 0 Å². The van der Waals surface area contributed by atoms with Crippen LogP contribution in [0.15, 0.2) is 12.1 Å². The quantitative estimate of drug-likeness (QED) is 0.495. The lowest BCUT2D eigenvalue weighted by atomic mass is 9.71. The third-order valence-corrected chi connectivity index (χ3v) is 6.09. The number of carbonyl (C=O) groups is 2. The van der Waals surface area contributed by atoms with Gasteiger partial charge in [0.15, 0.2) is 12.4 Å². The maximum Gasteiger partial charge on any atom is 0.341 e. The first kappa shape index (κ1) is 18.0. The average Bonchev–Trinajstić information content (AvgIpc) is 2.83. The Morgan fingerprint density at radius 1 is 1.38 bits per heavy atom. The lowest BCUT2D eigenvalue weighted by molar-refractivity contribution is -0.139. The molecule has 0 radical (unpaired) electrons. The standard InChI is InChI=1S/C17H15Cl2IO4/c18-15-12(24-8-13(22)23)5-9-7-17(3-4-20)2-1-10(21)6-11(17)14(9)16(15)19/h5-6H,1-4,7-8H2,(H,22,23)/t17-/m0/s1. The number of hydrogen-bond acceptors (Lipinski definition) is 3. The minimum atomic E-state index is -1.08. The summed E-state index contributed by atoms with van der Waals surface area (Å²) in [5.74, 6) is -0.690. The van der Waals surface area contributed by atoms with E-state index in [-0.39, 0.29) is 22.0 Å². The summed E-state index contributed by atoms with van der Waals surface area (Å²) in [6, 6.07) is 1.77. The van der Waals surface area contributed by atoms with Gasteiger partial charge in [0.05, 0.1) is 5.02 Å². The second-order valence-corrected chi connectivity index (χ2v) is 7.97. The maximum atomic E-state index is 12.0. The zero-order chi connectivity index (χ0) is 17.5. The number of ether oxygens (including phenoxy) is 1. The van der Waals surface area contributed by atoms with E-state index in [2.05, 4.69) is 22.6 Å². The second-order valence-electron chi connectivity index (χ2n) is 6.14. The first-order valence-electron chi connectivity index (χ1n) is 7.55. The fraction of sp³-hybridized carbons (Fsp3) is 0.412. The number of hydrogen-bond donors (Lipinski definition) is 1. The van der Waals surface area contributed by atoms with Gasteiger partial charge in [0, 0.05) is 21.8 Å². The van der Waals surface area contributed by atoms with Crippen molar-refractivity contribution in [2.75, 3.05) is 11.0 Å². The highest BCUT2D eigenvalue weighted by Gasteiger charge is 2.45. The number of ketones is 1. The monoisotopic (exact) mass is 480 g/mol. The number of halogens is 3. The molecule has 1 aromatic rings. The molecule has 7 heteroatoms. The largest absolute Gasteiger partial charge is 0.480 e. The molecule has 128 valence electrons. The Kier molecular flexibility index (Phi) is 5.14. The van der Waals surface area contributed by atoms with E-state index in [0.717, 1.165) is 40.4 Å². The van der Waals surface area contributed by atoms with Gasteiger partial charge in [0.25, 0.3) is 0 Å². The van der Waals surface area contributed by atoms with Crippen molar-refractivity contribution in [2.24, 2.45) is 5.41 Å². The summed E-state index contributed by atoms with van der Waals surface area (Å²) in [5.41, 5.74) is 2.68. The zero-order valence-corrected chi connectivity index (χ0v) is 16.4. The van der Waals surface area contributed by atoms with Crippen LogP contribution >= 0.6 is 45.8 Å². The van der Waals surface area contributed by atoms with Crippen LogP contribution in [0.5, 0.6) is 5.75 Å². The molecule has 1 aromatic carbocycles. The van der Waals surface area contributed by atoms with E-state index < -0.39 is 12.6 Å². The average molecular weight is 481 g/mol. The molecule has 0 spiro atoms. The summed E-state index contributed by atoms with van der Waals surface area (Å²) in [4.78, 5) is 22.7. The molecule has 2 aliphatic carbocycles. The topological polar surface area (TPSA) is 63.6 Å². The van der Waals surface area contributed by atoms with Crippen molar-refractivity contribution >= 4 is 63.1 Å². The van der Waals surface area contributed by atoms with Crippen LogP contribution in [0.2, 0.25) is 10.0 Å². The number of carboxylic acid groups (broad SMARTS) is 1. The number of allylic oxidation sites excluding steroid dienone is 2. The van der Waals surface area contributed by atoms with Gasteiger partial charge in [-0.1, -0.05) is 45.8 Å². The number of alkyl halides is 1. The smallest absolute Gasteiger partial charge is 0.341 e. The summed E-state index contributed by atoms with van der Waals surface area (Å²) < 4.78 is 6.25. The van der Waals surface area contributed by atoms with Crippen molar-refractivity contribution in [1.29, 1.82) is 0 Å². The predicted octanol–water partition coefficient (Wildman–Crippen LogP) is 4.57. The van der Waals surface area contributed by atoms with E-state index in [0.29, 0.717) is 11.4 Å². The summed E-state index contributed by atoms with van der Waals surface area (Å²) in [6.45, 7) is -0.477. The fourth-order valence-corrected chi connectivity index (χ4v) is 5.18. The Hall–Kier alpha value is -0.790. The third-order valence-electron chi connectivity index (χ3n) is 4.70.